The first kappa shape index (κ1) is 12.7. The van der Waals surface area contributed by atoms with E-state index in [9.17, 15) is 4.79 Å². The van der Waals surface area contributed by atoms with E-state index >= 15 is 0 Å². The van der Waals surface area contributed by atoms with Crippen LogP contribution in [0, 0.1) is 0 Å². The third-order valence-electron chi connectivity index (χ3n) is 4.29. The summed E-state index contributed by atoms with van der Waals surface area (Å²) in [6.45, 7) is 3.06. The van der Waals surface area contributed by atoms with Gasteiger partial charge in [0.05, 0.1) is 12.1 Å². The van der Waals surface area contributed by atoms with Crippen molar-refractivity contribution in [3.63, 3.8) is 0 Å². The van der Waals surface area contributed by atoms with E-state index in [1.807, 2.05) is 0 Å². The predicted molar refractivity (Wildman–Crippen MR) is 70.1 cm³/mol. The molecule has 3 rings (SSSR count). The van der Waals surface area contributed by atoms with Crippen LogP contribution in [-0.4, -0.2) is 41.1 Å². The van der Waals surface area contributed by atoms with Gasteiger partial charge in [-0.05, 0) is 44.8 Å². The fraction of sp³-hybridized carbons (Fsp3) is 0.643. The molecule has 2 atom stereocenters. The van der Waals surface area contributed by atoms with E-state index in [2.05, 4.69) is 10.2 Å². The SMILES string of the molecule is O=C(O)c1coc(CNC2CCN3CCCC3C2)c1. The number of carbonyl (C=O) groups is 1. The minimum Gasteiger partial charge on any atom is -0.478 e. The monoisotopic (exact) mass is 264 g/mol. The summed E-state index contributed by atoms with van der Waals surface area (Å²) in [5.74, 6) is -0.236. The van der Waals surface area contributed by atoms with Crippen molar-refractivity contribution in [2.45, 2.75) is 44.3 Å². The van der Waals surface area contributed by atoms with Crippen LogP contribution in [0.2, 0.25) is 0 Å². The summed E-state index contributed by atoms with van der Waals surface area (Å²) < 4.78 is 5.25. The van der Waals surface area contributed by atoms with Crippen molar-refractivity contribution in [1.82, 2.24) is 10.2 Å². The van der Waals surface area contributed by atoms with Crippen molar-refractivity contribution in [3.8, 4) is 0 Å². The molecule has 5 heteroatoms. The molecule has 0 amide bonds. The number of rotatable bonds is 4. The van der Waals surface area contributed by atoms with E-state index in [4.69, 9.17) is 9.52 Å². The highest BCUT2D eigenvalue weighted by molar-refractivity contribution is 5.87. The minimum absolute atomic E-state index is 0.224. The average Bonchev–Trinajstić information content (AvgIpc) is 3.04. The topological polar surface area (TPSA) is 65.7 Å². The predicted octanol–water partition coefficient (Wildman–Crippen LogP) is 1.69. The number of furan rings is 1. The Morgan fingerprint density at radius 3 is 3.16 bits per heavy atom. The van der Waals surface area contributed by atoms with E-state index in [0.717, 1.165) is 6.04 Å². The summed E-state index contributed by atoms with van der Waals surface area (Å²) in [5.41, 5.74) is 0.224. The van der Waals surface area contributed by atoms with Crippen LogP contribution in [0.15, 0.2) is 16.7 Å². The van der Waals surface area contributed by atoms with E-state index < -0.39 is 5.97 Å². The van der Waals surface area contributed by atoms with Gasteiger partial charge in [0, 0.05) is 12.1 Å². The highest BCUT2D eigenvalue weighted by Gasteiger charge is 2.31. The number of hydrogen-bond donors (Lipinski definition) is 2. The first-order valence-electron chi connectivity index (χ1n) is 7.00. The van der Waals surface area contributed by atoms with Crippen LogP contribution >= 0.6 is 0 Å². The summed E-state index contributed by atoms with van der Waals surface area (Å²) in [6.07, 6.45) is 6.33. The van der Waals surface area contributed by atoms with Gasteiger partial charge in [0.25, 0.3) is 0 Å². The second-order valence-electron chi connectivity index (χ2n) is 5.54. The van der Waals surface area contributed by atoms with Crippen molar-refractivity contribution in [3.05, 3.63) is 23.7 Å². The van der Waals surface area contributed by atoms with Crippen molar-refractivity contribution in [1.29, 1.82) is 0 Å². The Hall–Kier alpha value is -1.33. The largest absolute Gasteiger partial charge is 0.478 e. The number of aromatic carboxylic acids is 1. The van der Waals surface area contributed by atoms with Crippen LogP contribution in [0.4, 0.5) is 0 Å². The van der Waals surface area contributed by atoms with Gasteiger partial charge in [0.1, 0.15) is 12.0 Å². The summed E-state index contributed by atoms with van der Waals surface area (Å²) in [5, 5.41) is 12.3. The standard InChI is InChI=1S/C14H20N2O3/c17-14(18)10-6-13(19-9-10)8-15-11-3-5-16-4-1-2-12(16)7-11/h6,9,11-12,15H,1-5,7-8H2,(H,17,18). The molecule has 2 unspecified atom stereocenters. The molecule has 0 aromatic carbocycles. The summed E-state index contributed by atoms with van der Waals surface area (Å²) in [7, 11) is 0. The van der Waals surface area contributed by atoms with Crippen molar-refractivity contribution < 1.29 is 14.3 Å². The zero-order valence-corrected chi connectivity index (χ0v) is 11.0. The van der Waals surface area contributed by atoms with Crippen LogP contribution in [0.3, 0.4) is 0 Å². The van der Waals surface area contributed by atoms with Gasteiger partial charge in [0.15, 0.2) is 0 Å². The summed E-state index contributed by atoms with van der Waals surface area (Å²) >= 11 is 0. The minimum atomic E-state index is -0.936. The van der Waals surface area contributed by atoms with E-state index in [-0.39, 0.29) is 5.56 Å². The lowest BCUT2D eigenvalue weighted by atomic mass is 9.97. The van der Waals surface area contributed by atoms with E-state index in [1.54, 1.807) is 6.07 Å². The smallest absolute Gasteiger partial charge is 0.338 e. The molecule has 5 nitrogen and oxygen atoms in total. The quantitative estimate of drug-likeness (QED) is 0.866. The number of fused-ring (bicyclic) bond motifs is 1. The van der Waals surface area contributed by atoms with Gasteiger partial charge < -0.3 is 19.7 Å². The first-order valence-corrected chi connectivity index (χ1v) is 7.00. The number of nitrogens with zero attached hydrogens (tertiary/aromatic N) is 1. The van der Waals surface area contributed by atoms with Gasteiger partial charge in [-0.2, -0.15) is 0 Å². The molecule has 0 saturated carbocycles. The maximum atomic E-state index is 10.8. The Morgan fingerprint density at radius 2 is 2.37 bits per heavy atom. The molecule has 104 valence electrons. The number of hydrogen-bond acceptors (Lipinski definition) is 4. The van der Waals surface area contributed by atoms with Crippen molar-refractivity contribution in [2.24, 2.45) is 0 Å². The fourth-order valence-corrected chi connectivity index (χ4v) is 3.24. The number of nitrogens with one attached hydrogen (secondary N) is 1. The molecule has 2 N–H and O–H groups in total. The van der Waals surface area contributed by atoms with Gasteiger partial charge in [-0.25, -0.2) is 4.79 Å². The molecule has 0 radical (unpaired) electrons. The number of carboxylic acid groups (broad SMARTS) is 1. The second kappa shape index (κ2) is 5.35. The van der Waals surface area contributed by atoms with E-state index in [1.165, 1.54) is 45.0 Å². The van der Waals surface area contributed by atoms with Gasteiger partial charge in [-0.15, -0.1) is 0 Å². The molecule has 1 aromatic heterocycles. The second-order valence-corrected chi connectivity index (χ2v) is 5.54. The molecule has 3 heterocycles. The molecule has 2 fully saturated rings. The molecule has 0 spiro atoms. The summed E-state index contributed by atoms with van der Waals surface area (Å²) in [6, 6.07) is 2.87. The number of carboxylic acids is 1. The average molecular weight is 264 g/mol. The zero-order valence-electron chi connectivity index (χ0n) is 11.0. The number of piperidine rings is 1. The van der Waals surface area contributed by atoms with Gasteiger partial charge in [0.2, 0.25) is 0 Å². The van der Waals surface area contributed by atoms with Crippen molar-refractivity contribution in [2.75, 3.05) is 13.1 Å². The molecule has 1 aromatic rings. The van der Waals surface area contributed by atoms with Crippen LogP contribution in [-0.2, 0) is 6.54 Å². The third-order valence-corrected chi connectivity index (χ3v) is 4.29. The Morgan fingerprint density at radius 1 is 1.47 bits per heavy atom. The van der Waals surface area contributed by atoms with Crippen LogP contribution < -0.4 is 5.32 Å². The molecular weight excluding hydrogens is 244 g/mol. The van der Waals surface area contributed by atoms with Gasteiger partial charge in [-0.3, -0.25) is 0 Å². The maximum absolute atomic E-state index is 10.8. The lowest BCUT2D eigenvalue weighted by Crippen LogP contribution is -2.45. The highest BCUT2D eigenvalue weighted by Crippen LogP contribution is 2.27. The Kier molecular flexibility index (Phi) is 3.57. The third kappa shape index (κ3) is 2.82. The Labute approximate surface area is 112 Å². The lowest BCUT2D eigenvalue weighted by Gasteiger charge is -2.35. The summed E-state index contributed by atoms with van der Waals surface area (Å²) in [4.78, 5) is 13.4. The molecule has 2 aliphatic heterocycles. The molecule has 0 aliphatic carbocycles. The lowest BCUT2D eigenvalue weighted by molar-refractivity contribution is 0.0696. The molecular formula is C14H20N2O3. The molecule has 0 bridgehead atoms. The Bertz CT molecular complexity index is 457. The highest BCUT2D eigenvalue weighted by atomic mass is 16.4. The first-order chi connectivity index (χ1) is 9.22. The Balaban J connectivity index is 1.50. The normalized spacial score (nSPS) is 27.4. The van der Waals surface area contributed by atoms with Gasteiger partial charge >= 0.3 is 5.97 Å². The van der Waals surface area contributed by atoms with Crippen molar-refractivity contribution >= 4 is 5.97 Å². The fourth-order valence-electron chi connectivity index (χ4n) is 3.24. The van der Waals surface area contributed by atoms with E-state index in [0.29, 0.717) is 18.3 Å². The molecule has 2 aliphatic rings. The van der Waals surface area contributed by atoms with Crippen LogP contribution in [0.5, 0.6) is 0 Å². The zero-order chi connectivity index (χ0) is 13.2. The van der Waals surface area contributed by atoms with Gasteiger partial charge in [-0.1, -0.05) is 0 Å². The molecule has 19 heavy (non-hydrogen) atoms. The van der Waals surface area contributed by atoms with Crippen LogP contribution in [0.25, 0.3) is 0 Å². The molecule has 2 saturated heterocycles. The maximum Gasteiger partial charge on any atom is 0.338 e. The van der Waals surface area contributed by atoms with Crippen LogP contribution in [0.1, 0.15) is 41.8 Å².